The molecule has 1 aliphatic rings. The fourth-order valence-corrected chi connectivity index (χ4v) is 1.78. The maximum Gasteiger partial charge on any atom is 0.414 e. The Kier molecular flexibility index (Phi) is 8.53. The number of amides is 2. The number of benzene rings is 1. The normalized spacial score (nSPS) is 11.2. The predicted octanol–water partition coefficient (Wildman–Crippen LogP) is -1.02. The lowest BCUT2D eigenvalue weighted by Gasteiger charge is -2.11. The quantitative estimate of drug-likeness (QED) is 0.452. The van der Waals surface area contributed by atoms with Crippen LogP contribution in [-0.2, 0) is 14.4 Å². The fraction of sp³-hybridized carbons (Fsp3) is 0.375. The molecule has 27 heavy (non-hydrogen) atoms. The Morgan fingerprint density at radius 1 is 1.04 bits per heavy atom. The van der Waals surface area contributed by atoms with Crippen LogP contribution in [-0.4, -0.2) is 79.4 Å². The van der Waals surface area contributed by atoms with E-state index in [0.717, 1.165) is 6.54 Å². The number of nitrogens with zero attached hydrogens (tertiary/aromatic N) is 1. The van der Waals surface area contributed by atoms with Crippen LogP contribution in [0.4, 0.5) is 0 Å². The van der Waals surface area contributed by atoms with Gasteiger partial charge in [-0.25, -0.2) is 9.59 Å². The van der Waals surface area contributed by atoms with E-state index in [1.54, 1.807) is 18.2 Å². The summed E-state index contributed by atoms with van der Waals surface area (Å²) in [4.78, 5) is 43.7. The summed E-state index contributed by atoms with van der Waals surface area (Å²) in [6.45, 7) is 1.41. The third-order valence-corrected chi connectivity index (χ3v) is 3.11. The highest BCUT2D eigenvalue weighted by Crippen LogP contribution is 2.32. The second-order valence-electron chi connectivity index (χ2n) is 5.51. The first-order valence-corrected chi connectivity index (χ1v) is 7.76. The molecule has 4 N–H and O–H groups in total. The van der Waals surface area contributed by atoms with E-state index < -0.39 is 11.9 Å². The average molecular weight is 383 g/mol. The summed E-state index contributed by atoms with van der Waals surface area (Å²) in [5.41, 5.74) is 0.431. The first kappa shape index (κ1) is 21.7. The smallest absolute Gasteiger partial charge is 0.414 e. The van der Waals surface area contributed by atoms with Crippen molar-refractivity contribution >= 4 is 23.8 Å². The van der Waals surface area contributed by atoms with E-state index in [0.29, 0.717) is 23.6 Å². The van der Waals surface area contributed by atoms with Crippen LogP contribution in [0.2, 0.25) is 0 Å². The standard InChI is InChI=1S/C14H19N3O4.C2H2O4/c1-17(2)6-5-15-13(18)8-16-14(19)10-3-4-11-12(7-10)21-9-20-11;3-1(4)2(5)6/h3-4,7H,5-6,8-9H2,1-2H3,(H,15,18)(H,16,19);(H,3,4)(H,5,6). The van der Waals surface area contributed by atoms with Crippen molar-refractivity contribution in [3.8, 4) is 11.5 Å². The highest BCUT2D eigenvalue weighted by atomic mass is 16.7. The number of aliphatic carboxylic acids is 2. The summed E-state index contributed by atoms with van der Waals surface area (Å²) in [6.07, 6.45) is 0. The van der Waals surface area contributed by atoms with Crippen LogP contribution in [0.25, 0.3) is 0 Å². The SMILES string of the molecule is CN(C)CCNC(=O)CNC(=O)c1ccc2c(c1)OCO2.O=C(O)C(=O)O. The molecule has 1 aliphatic heterocycles. The van der Waals surface area contributed by atoms with Crippen molar-refractivity contribution in [1.29, 1.82) is 0 Å². The van der Waals surface area contributed by atoms with Gasteiger partial charge in [-0.2, -0.15) is 0 Å². The van der Waals surface area contributed by atoms with Gasteiger partial charge in [-0.05, 0) is 32.3 Å². The minimum absolute atomic E-state index is 0.0549. The van der Waals surface area contributed by atoms with Crippen molar-refractivity contribution in [3.63, 3.8) is 0 Å². The first-order valence-electron chi connectivity index (χ1n) is 7.76. The van der Waals surface area contributed by atoms with Gasteiger partial charge in [0.05, 0.1) is 6.54 Å². The Balaban J connectivity index is 0.000000527. The van der Waals surface area contributed by atoms with Crippen LogP contribution in [0.15, 0.2) is 18.2 Å². The van der Waals surface area contributed by atoms with Gasteiger partial charge in [0.15, 0.2) is 11.5 Å². The van der Waals surface area contributed by atoms with Crippen molar-refractivity contribution in [1.82, 2.24) is 15.5 Å². The first-order chi connectivity index (χ1) is 12.7. The van der Waals surface area contributed by atoms with Gasteiger partial charge in [-0.3, -0.25) is 9.59 Å². The van der Waals surface area contributed by atoms with Crippen LogP contribution in [0.1, 0.15) is 10.4 Å². The molecule has 1 aromatic rings. The third kappa shape index (κ3) is 8.05. The van der Waals surface area contributed by atoms with Crippen LogP contribution in [0, 0.1) is 0 Å². The molecule has 148 valence electrons. The molecule has 11 nitrogen and oxygen atoms in total. The molecule has 0 aromatic heterocycles. The van der Waals surface area contributed by atoms with Crippen LogP contribution < -0.4 is 20.1 Å². The number of carboxylic acid groups (broad SMARTS) is 2. The van der Waals surface area contributed by atoms with Gasteiger partial charge in [-0.1, -0.05) is 0 Å². The summed E-state index contributed by atoms with van der Waals surface area (Å²) < 4.78 is 10.4. The molecule has 0 atom stereocenters. The minimum Gasteiger partial charge on any atom is -0.473 e. The van der Waals surface area contributed by atoms with Gasteiger partial charge in [0.2, 0.25) is 12.7 Å². The number of hydrogen-bond acceptors (Lipinski definition) is 7. The lowest BCUT2D eigenvalue weighted by molar-refractivity contribution is -0.159. The Labute approximate surface area is 154 Å². The molecule has 2 rings (SSSR count). The van der Waals surface area contributed by atoms with E-state index in [4.69, 9.17) is 29.3 Å². The zero-order valence-electron chi connectivity index (χ0n) is 14.9. The summed E-state index contributed by atoms with van der Waals surface area (Å²) in [5.74, 6) is -3.03. The predicted molar refractivity (Wildman–Crippen MR) is 91.7 cm³/mol. The largest absolute Gasteiger partial charge is 0.473 e. The van der Waals surface area contributed by atoms with Gasteiger partial charge in [-0.15, -0.1) is 0 Å². The molecule has 0 radical (unpaired) electrons. The zero-order valence-corrected chi connectivity index (χ0v) is 14.9. The second kappa shape index (κ2) is 10.6. The van der Waals surface area contributed by atoms with Crippen LogP contribution in [0.3, 0.4) is 0 Å². The molecule has 1 aromatic carbocycles. The molecule has 11 heteroatoms. The van der Waals surface area contributed by atoms with E-state index in [1.165, 1.54) is 0 Å². The summed E-state index contributed by atoms with van der Waals surface area (Å²) in [5, 5.41) is 20.1. The Morgan fingerprint density at radius 3 is 2.26 bits per heavy atom. The topological polar surface area (TPSA) is 154 Å². The van der Waals surface area contributed by atoms with Crippen LogP contribution in [0.5, 0.6) is 11.5 Å². The fourth-order valence-electron chi connectivity index (χ4n) is 1.78. The van der Waals surface area contributed by atoms with Crippen molar-refractivity contribution in [2.45, 2.75) is 0 Å². The number of fused-ring (bicyclic) bond motifs is 1. The molecular weight excluding hydrogens is 362 g/mol. The molecule has 0 saturated carbocycles. The van der Waals surface area contributed by atoms with Crippen molar-refractivity contribution in [3.05, 3.63) is 23.8 Å². The zero-order chi connectivity index (χ0) is 20.4. The number of nitrogens with one attached hydrogen (secondary N) is 2. The number of hydrogen-bond donors (Lipinski definition) is 4. The number of carbonyl (C=O) groups excluding carboxylic acids is 2. The number of likely N-dealkylation sites (N-methyl/N-ethyl adjacent to an activating group) is 1. The summed E-state index contributed by atoms with van der Waals surface area (Å²) in [7, 11) is 3.85. The van der Waals surface area contributed by atoms with Crippen molar-refractivity contribution < 1.29 is 38.9 Å². The summed E-state index contributed by atoms with van der Waals surface area (Å²) >= 11 is 0. The van der Waals surface area contributed by atoms with E-state index in [9.17, 15) is 9.59 Å². The van der Waals surface area contributed by atoms with Crippen molar-refractivity contribution in [2.75, 3.05) is 40.5 Å². The maximum atomic E-state index is 11.9. The van der Waals surface area contributed by atoms with Gasteiger partial charge >= 0.3 is 11.9 Å². The molecule has 0 bridgehead atoms. The van der Waals surface area contributed by atoms with Crippen molar-refractivity contribution in [2.24, 2.45) is 0 Å². The number of ether oxygens (including phenoxy) is 2. The molecule has 0 unspecified atom stereocenters. The molecule has 0 aliphatic carbocycles. The average Bonchev–Trinajstić information content (AvgIpc) is 3.07. The van der Waals surface area contributed by atoms with E-state index in [1.807, 2.05) is 19.0 Å². The Hall–Kier alpha value is -3.34. The molecule has 0 spiro atoms. The van der Waals surface area contributed by atoms with E-state index in [2.05, 4.69) is 10.6 Å². The molecule has 1 heterocycles. The molecule has 0 fully saturated rings. The van der Waals surface area contributed by atoms with E-state index >= 15 is 0 Å². The Morgan fingerprint density at radius 2 is 1.67 bits per heavy atom. The number of rotatable bonds is 6. The van der Waals surface area contributed by atoms with Gasteiger partial charge in [0, 0.05) is 18.7 Å². The molecular formula is C16H21N3O8. The minimum atomic E-state index is -1.82. The van der Waals surface area contributed by atoms with Crippen LogP contribution >= 0.6 is 0 Å². The maximum absolute atomic E-state index is 11.9. The third-order valence-electron chi connectivity index (χ3n) is 3.11. The summed E-state index contributed by atoms with van der Waals surface area (Å²) in [6, 6.07) is 4.91. The Bertz CT molecular complexity index is 693. The van der Waals surface area contributed by atoms with Gasteiger partial charge in [0.1, 0.15) is 0 Å². The van der Waals surface area contributed by atoms with Gasteiger partial charge in [0.25, 0.3) is 5.91 Å². The van der Waals surface area contributed by atoms with E-state index in [-0.39, 0.29) is 25.2 Å². The monoisotopic (exact) mass is 383 g/mol. The number of carboxylic acids is 2. The second-order valence-corrected chi connectivity index (χ2v) is 5.51. The molecule has 2 amide bonds. The highest BCUT2D eigenvalue weighted by molar-refractivity contribution is 6.27. The van der Waals surface area contributed by atoms with Gasteiger partial charge < -0.3 is 35.2 Å². The highest BCUT2D eigenvalue weighted by Gasteiger charge is 2.16. The lowest BCUT2D eigenvalue weighted by atomic mass is 10.2. The lowest BCUT2D eigenvalue weighted by Crippen LogP contribution is -2.39. The number of carbonyl (C=O) groups is 4. The molecule has 0 saturated heterocycles.